The highest BCUT2D eigenvalue weighted by atomic mass is 32.2. The average molecular weight is 211 g/mol. The van der Waals surface area contributed by atoms with Crippen LogP contribution in [0.3, 0.4) is 0 Å². The first kappa shape index (κ1) is 8.59. The molecule has 0 aromatic carbocycles. The molecule has 1 amide bonds. The zero-order valence-corrected chi connectivity index (χ0v) is 8.69. The van der Waals surface area contributed by atoms with Crippen LogP contribution in [0.4, 0.5) is 0 Å². The summed E-state index contributed by atoms with van der Waals surface area (Å²) in [7, 11) is 0. The average Bonchev–Trinajstić information content (AvgIpc) is 2.75. The number of hydrogen-bond donors (Lipinski definition) is 2. The number of thioether (sulfide) groups is 1. The van der Waals surface area contributed by atoms with Gasteiger partial charge < -0.3 is 5.32 Å². The van der Waals surface area contributed by atoms with Crippen molar-refractivity contribution >= 4 is 23.6 Å². The third kappa shape index (κ3) is 1.30. The minimum atomic E-state index is -0.335. The number of hydrogen-bond acceptors (Lipinski definition) is 3. The molecule has 1 spiro atoms. The van der Waals surface area contributed by atoms with Gasteiger partial charge >= 0.3 is 0 Å². The van der Waals surface area contributed by atoms with E-state index in [0.29, 0.717) is 12.0 Å². The van der Waals surface area contributed by atoms with Crippen molar-refractivity contribution in [2.75, 3.05) is 11.5 Å². The van der Waals surface area contributed by atoms with E-state index in [1.54, 1.807) is 0 Å². The summed E-state index contributed by atoms with van der Waals surface area (Å²) in [6.45, 7) is 0. The molecule has 76 valence electrons. The van der Waals surface area contributed by atoms with E-state index < -0.39 is 0 Å². The quantitative estimate of drug-likeness (QED) is 0.647. The van der Waals surface area contributed by atoms with E-state index in [4.69, 9.17) is 0 Å². The number of carbonyl (C=O) groups is 1. The van der Waals surface area contributed by atoms with Crippen molar-refractivity contribution in [3.05, 3.63) is 0 Å². The SMILES string of the molecule is O=C1NC(=NC2CC2)NC12CCSC2. The molecule has 0 radical (unpaired) electrons. The van der Waals surface area contributed by atoms with Crippen molar-refractivity contribution < 1.29 is 4.79 Å². The van der Waals surface area contributed by atoms with Crippen LogP contribution in [0, 0.1) is 0 Å². The maximum absolute atomic E-state index is 11.7. The van der Waals surface area contributed by atoms with Crippen LogP contribution in [0.25, 0.3) is 0 Å². The van der Waals surface area contributed by atoms with Crippen LogP contribution in [-0.4, -0.2) is 35.0 Å². The third-order valence-electron chi connectivity index (χ3n) is 2.90. The van der Waals surface area contributed by atoms with Gasteiger partial charge in [-0.3, -0.25) is 10.1 Å². The summed E-state index contributed by atoms with van der Waals surface area (Å²) in [6.07, 6.45) is 3.26. The van der Waals surface area contributed by atoms with E-state index in [2.05, 4.69) is 15.6 Å². The van der Waals surface area contributed by atoms with Gasteiger partial charge in [0.05, 0.1) is 6.04 Å². The van der Waals surface area contributed by atoms with Crippen LogP contribution < -0.4 is 10.6 Å². The molecule has 0 aromatic heterocycles. The molecule has 0 aromatic rings. The molecular formula is C9H13N3OS. The smallest absolute Gasteiger partial charge is 0.253 e. The van der Waals surface area contributed by atoms with E-state index in [-0.39, 0.29) is 11.4 Å². The maximum Gasteiger partial charge on any atom is 0.253 e. The summed E-state index contributed by atoms with van der Waals surface area (Å²) in [6, 6.07) is 0.460. The zero-order valence-electron chi connectivity index (χ0n) is 7.88. The van der Waals surface area contributed by atoms with Crippen molar-refractivity contribution in [3.63, 3.8) is 0 Å². The summed E-state index contributed by atoms with van der Waals surface area (Å²) in [5, 5.41) is 6.10. The van der Waals surface area contributed by atoms with E-state index in [1.165, 1.54) is 12.8 Å². The van der Waals surface area contributed by atoms with Crippen molar-refractivity contribution in [2.45, 2.75) is 30.8 Å². The van der Waals surface area contributed by atoms with Gasteiger partial charge in [0.15, 0.2) is 5.96 Å². The van der Waals surface area contributed by atoms with Gasteiger partial charge in [-0.15, -0.1) is 0 Å². The lowest BCUT2D eigenvalue weighted by Gasteiger charge is -2.17. The summed E-state index contributed by atoms with van der Waals surface area (Å²) in [5.74, 6) is 2.77. The van der Waals surface area contributed by atoms with Crippen LogP contribution >= 0.6 is 11.8 Å². The first-order chi connectivity index (χ1) is 6.78. The molecule has 2 aliphatic heterocycles. The molecule has 1 unspecified atom stereocenters. The summed E-state index contributed by atoms with van der Waals surface area (Å²) < 4.78 is 0. The van der Waals surface area contributed by atoms with Crippen molar-refractivity contribution in [3.8, 4) is 0 Å². The Kier molecular flexibility index (Phi) is 1.77. The minimum absolute atomic E-state index is 0.113. The second-order valence-electron chi connectivity index (χ2n) is 4.17. The lowest BCUT2D eigenvalue weighted by molar-refractivity contribution is -0.123. The van der Waals surface area contributed by atoms with Gasteiger partial charge in [0.1, 0.15) is 5.54 Å². The fraction of sp³-hybridized carbons (Fsp3) is 0.778. The predicted octanol–water partition coefficient (Wildman–Crippen LogP) is 0.0999. The van der Waals surface area contributed by atoms with Crippen LogP contribution in [-0.2, 0) is 4.79 Å². The first-order valence-corrected chi connectivity index (χ1v) is 6.19. The molecule has 0 bridgehead atoms. The highest BCUT2D eigenvalue weighted by molar-refractivity contribution is 7.99. The number of nitrogens with zero attached hydrogens (tertiary/aromatic N) is 1. The Morgan fingerprint density at radius 3 is 3.00 bits per heavy atom. The number of carbonyl (C=O) groups excluding carboxylic acids is 1. The molecular weight excluding hydrogens is 198 g/mol. The number of aliphatic imine (C=N–C) groups is 1. The van der Waals surface area contributed by atoms with Gasteiger partial charge in [-0.25, -0.2) is 4.99 Å². The van der Waals surface area contributed by atoms with Gasteiger partial charge in [-0.1, -0.05) is 0 Å². The fourth-order valence-electron chi connectivity index (χ4n) is 1.84. The van der Waals surface area contributed by atoms with Crippen LogP contribution in [0.2, 0.25) is 0 Å². The monoisotopic (exact) mass is 211 g/mol. The Labute approximate surface area is 86.9 Å². The highest BCUT2D eigenvalue weighted by Gasteiger charge is 2.47. The van der Waals surface area contributed by atoms with Gasteiger partial charge in [0.25, 0.3) is 5.91 Å². The number of rotatable bonds is 1. The molecule has 2 saturated heterocycles. The predicted molar refractivity (Wildman–Crippen MR) is 56.4 cm³/mol. The number of nitrogens with one attached hydrogen (secondary N) is 2. The number of guanidine groups is 1. The molecule has 2 heterocycles. The lowest BCUT2D eigenvalue weighted by Crippen LogP contribution is -2.46. The summed E-state index contributed by atoms with van der Waals surface area (Å²) in [5.41, 5.74) is -0.335. The summed E-state index contributed by atoms with van der Waals surface area (Å²) >= 11 is 1.83. The topological polar surface area (TPSA) is 53.5 Å². The van der Waals surface area contributed by atoms with Crippen LogP contribution in [0.1, 0.15) is 19.3 Å². The van der Waals surface area contributed by atoms with Crippen molar-refractivity contribution in [2.24, 2.45) is 4.99 Å². The Bertz CT molecular complexity index is 305. The second kappa shape index (κ2) is 2.89. The Morgan fingerprint density at radius 2 is 2.36 bits per heavy atom. The third-order valence-corrected chi connectivity index (χ3v) is 4.09. The van der Waals surface area contributed by atoms with E-state index in [1.807, 2.05) is 11.8 Å². The zero-order chi connectivity index (χ0) is 9.60. The van der Waals surface area contributed by atoms with E-state index in [0.717, 1.165) is 17.9 Å². The van der Waals surface area contributed by atoms with Crippen molar-refractivity contribution in [1.29, 1.82) is 0 Å². The van der Waals surface area contributed by atoms with Gasteiger partial charge in [-0.05, 0) is 25.0 Å². The van der Waals surface area contributed by atoms with Crippen LogP contribution in [0.5, 0.6) is 0 Å². The Balaban J connectivity index is 1.79. The molecule has 5 heteroatoms. The molecule has 14 heavy (non-hydrogen) atoms. The molecule has 3 fully saturated rings. The second-order valence-corrected chi connectivity index (χ2v) is 5.28. The van der Waals surface area contributed by atoms with Gasteiger partial charge in [0.2, 0.25) is 0 Å². The van der Waals surface area contributed by atoms with Crippen LogP contribution in [0.15, 0.2) is 4.99 Å². The highest BCUT2D eigenvalue weighted by Crippen LogP contribution is 2.31. The first-order valence-electron chi connectivity index (χ1n) is 5.04. The molecule has 2 N–H and O–H groups in total. The Hall–Kier alpha value is -0.710. The molecule has 1 saturated carbocycles. The van der Waals surface area contributed by atoms with E-state index >= 15 is 0 Å². The van der Waals surface area contributed by atoms with Gasteiger partial charge in [-0.2, -0.15) is 11.8 Å². The minimum Gasteiger partial charge on any atom is -0.341 e. The molecule has 3 aliphatic rings. The lowest BCUT2D eigenvalue weighted by atomic mass is 10.0. The summed E-state index contributed by atoms with van der Waals surface area (Å²) in [4.78, 5) is 16.2. The fourth-order valence-corrected chi connectivity index (χ4v) is 3.17. The van der Waals surface area contributed by atoms with Crippen molar-refractivity contribution in [1.82, 2.24) is 10.6 Å². The standard InChI is InChI=1S/C9H13N3OS/c13-7-9(3-4-14-5-9)12-8(11-7)10-6-1-2-6/h6H,1-5H2,(H2,10,11,12,13). The van der Waals surface area contributed by atoms with Gasteiger partial charge in [0, 0.05) is 5.75 Å². The normalized spacial score (nSPS) is 39.1. The molecule has 3 rings (SSSR count). The Morgan fingerprint density at radius 1 is 1.50 bits per heavy atom. The largest absolute Gasteiger partial charge is 0.341 e. The molecule has 1 atom stereocenters. The molecule has 1 aliphatic carbocycles. The number of amides is 1. The van der Waals surface area contributed by atoms with E-state index in [9.17, 15) is 4.79 Å². The maximum atomic E-state index is 11.7. The molecule has 4 nitrogen and oxygen atoms in total.